The van der Waals surface area contributed by atoms with Crippen molar-refractivity contribution in [1.82, 2.24) is 24.4 Å². The number of amides is 1. The van der Waals surface area contributed by atoms with Gasteiger partial charge in [0.1, 0.15) is 30.2 Å². The molecule has 0 radical (unpaired) electrons. The third-order valence-electron chi connectivity index (χ3n) is 6.17. The molecule has 0 unspecified atom stereocenters. The highest BCUT2D eigenvalue weighted by molar-refractivity contribution is 5.92. The molecule has 3 heterocycles. The molecule has 1 amide bonds. The molecule has 4 rings (SSSR count). The number of nitrogens with two attached hydrogens (primary N) is 2. The van der Waals surface area contributed by atoms with E-state index >= 15 is 0 Å². The summed E-state index contributed by atoms with van der Waals surface area (Å²) in [4.78, 5) is 36.7. The van der Waals surface area contributed by atoms with E-state index in [1.165, 1.54) is 17.2 Å². The maximum atomic E-state index is 11.6. The highest BCUT2D eigenvalue weighted by atomic mass is 16.6. The number of anilines is 1. The van der Waals surface area contributed by atoms with E-state index in [0.29, 0.717) is 42.7 Å². The van der Waals surface area contributed by atoms with Crippen molar-refractivity contribution in [1.29, 1.82) is 0 Å². The van der Waals surface area contributed by atoms with Gasteiger partial charge in [0.15, 0.2) is 17.7 Å². The van der Waals surface area contributed by atoms with Gasteiger partial charge in [0, 0.05) is 25.1 Å². The number of ether oxygens (including phenoxy) is 1. The molecule has 1 fully saturated rings. The van der Waals surface area contributed by atoms with Gasteiger partial charge in [-0.2, -0.15) is 0 Å². The van der Waals surface area contributed by atoms with E-state index in [0.717, 1.165) is 5.56 Å². The first kappa shape index (κ1) is 25.4. The SMILES string of the molecule is NC(=O)c1cccc(CN(CCCCC(=O)O)C[C@H]2O[C@@H](n3cnc4c(N)ncnc43)[C@H](O)[C@@H]2O)c1. The standard InChI is InChI=1S/C23H29N7O6/c24-20-17-22(27-11-26-20)30(12-28-17)23-19(34)18(33)15(36-23)10-29(7-2-1-6-16(31)32)9-13-4-3-5-14(8-13)21(25)35/h3-5,8,11-12,15,18-19,23,33-34H,1-2,6-7,9-10H2,(H2,25,35)(H,31,32)(H2,24,26,27)/t15-,18-,19-,23-/m1/s1. The van der Waals surface area contributed by atoms with E-state index in [1.807, 2.05) is 11.0 Å². The van der Waals surface area contributed by atoms with Crippen LogP contribution in [0.3, 0.4) is 0 Å². The molecule has 0 bridgehead atoms. The molecule has 192 valence electrons. The van der Waals surface area contributed by atoms with E-state index in [4.69, 9.17) is 21.3 Å². The number of hydrogen-bond acceptors (Lipinski definition) is 10. The molecule has 2 aromatic heterocycles. The first-order chi connectivity index (χ1) is 17.2. The number of rotatable bonds is 11. The van der Waals surface area contributed by atoms with Gasteiger partial charge in [-0.3, -0.25) is 19.1 Å². The van der Waals surface area contributed by atoms with Crippen molar-refractivity contribution in [3.05, 3.63) is 48.0 Å². The van der Waals surface area contributed by atoms with Crippen LogP contribution in [0.25, 0.3) is 11.2 Å². The van der Waals surface area contributed by atoms with E-state index in [-0.39, 0.29) is 18.8 Å². The zero-order valence-electron chi connectivity index (χ0n) is 19.5. The van der Waals surface area contributed by atoms with Gasteiger partial charge >= 0.3 is 5.97 Å². The van der Waals surface area contributed by atoms with Gasteiger partial charge < -0.3 is 31.5 Å². The highest BCUT2D eigenvalue weighted by Crippen LogP contribution is 2.32. The average Bonchev–Trinajstić information content (AvgIpc) is 3.39. The molecule has 1 aliphatic rings. The predicted octanol–water partition coefficient (Wildman–Crippen LogP) is -0.116. The number of aliphatic carboxylic acids is 1. The molecular formula is C23H29N7O6. The van der Waals surface area contributed by atoms with Crippen molar-refractivity contribution in [3.8, 4) is 0 Å². The molecule has 0 aliphatic carbocycles. The minimum atomic E-state index is -1.25. The molecule has 1 aliphatic heterocycles. The molecule has 36 heavy (non-hydrogen) atoms. The largest absolute Gasteiger partial charge is 0.481 e. The van der Waals surface area contributed by atoms with Crippen molar-refractivity contribution in [2.45, 2.75) is 50.3 Å². The minimum absolute atomic E-state index is 0.0486. The number of aliphatic hydroxyl groups is 2. The number of imidazole rings is 1. The Bertz CT molecular complexity index is 1230. The first-order valence-corrected chi connectivity index (χ1v) is 11.5. The van der Waals surface area contributed by atoms with Gasteiger partial charge in [-0.25, -0.2) is 15.0 Å². The van der Waals surface area contributed by atoms with Crippen molar-refractivity contribution >= 4 is 28.9 Å². The summed E-state index contributed by atoms with van der Waals surface area (Å²) in [6.07, 6.45) is -0.333. The monoisotopic (exact) mass is 499 g/mol. The maximum Gasteiger partial charge on any atom is 0.303 e. The third-order valence-corrected chi connectivity index (χ3v) is 6.17. The molecule has 1 saturated heterocycles. The summed E-state index contributed by atoms with van der Waals surface area (Å²) in [5.41, 5.74) is 13.2. The maximum absolute atomic E-state index is 11.6. The van der Waals surface area contributed by atoms with Crippen LogP contribution < -0.4 is 11.5 Å². The zero-order valence-corrected chi connectivity index (χ0v) is 19.5. The third kappa shape index (κ3) is 5.60. The van der Waals surface area contributed by atoms with Crippen LogP contribution in [-0.4, -0.2) is 83.0 Å². The number of carbonyl (C=O) groups is 2. The summed E-state index contributed by atoms with van der Waals surface area (Å²) in [5, 5.41) is 30.5. The Balaban J connectivity index is 1.50. The number of carboxylic acid groups (broad SMARTS) is 1. The summed E-state index contributed by atoms with van der Waals surface area (Å²) in [6.45, 7) is 1.16. The molecule has 0 saturated carbocycles. The number of primary amides is 1. The van der Waals surface area contributed by atoms with E-state index in [9.17, 15) is 19.8 Å². The second kappa shape index (κ2) is 11.0. The van der Waals surface area contributed by atoms with Gasteiger partial charge in [-0.1, -0.05) is 12.1 Å². The molecule has 7 N–H and O–H groups in total. The number of hydrogen-bond donors (Lipinski definition) is 5. The normalized spacial score (nSPS) is 21.9. The quantitative estimate of drug-likeness (QED) is 0.220. The van der Waals surface area contributed by atoms with Crippen molar-refractivity contribution in [3.63, 3.8) is 0 Å². The molecule has 13 nitrogen and oxygen atoms in total. The summed E-state index contributed by atoms with van der Waals surface area (Å²) < 4.78 is 7.57. The zero-order chi connectivity index (χ0) is 25.8. The van der Waals surface area contributed by atoms with Gasteiger partial charge in [-0.05, 0) is 37.1 Å². The fourth-order valence-electron chi connectivity index (χ4n) is 4.35. The molecule has 4 atom stereocenters. The Morgan fingerprint density at radius 2 is 1.94 bits per heavy atom. The lowest BCUT2D eigenvalue weighted by Crippen LogP contribution is -2.40. The smallest absolute Gasteiger partial charge is 0.303 e. The van der Waals surface area contributed by atoms with Crippen LogP contribution >= 0.6 is 0 Å². The number of unbranched alkanes of at least 4 members (excludes halogenated alkanes) is 1. The van der Waals surface area contributed by atoms with Crippen LogP contribution in [0.15, 0.2) is 36.9 Å². The minimum Gasteiger partial charge on any atom is -0.481 e. The average molecular weight is 500 g/mol. The lowest BCUT2D eigenvalue weighted by molar-refractivity contribution is -0.137. The topological polar surface area (TPSA) is 203 Å². The Morgan fingerprint density at radius 1 is 1.14 bits per heavy atom. The number of nitrogens with zero attached hydrogens (tertiary/aromatic N) is 5. The number of carbonyl (C=O) groups excluding carboxylic acids is 1. The number of aliphatic hydroxyl groups excluding tert-OH is 2. The molecule has 0 spiro atoms. The summed E-state index contributed by atoms with van der Waals surface area (Å²) in [7, 11) is 0. The van der Waals surface area contributed by atoms with Crippen LogP contribution in [-0.2, 0) is 16.1 Å². The molecule has 1 aromatic carbocycles. The molecule has 13 heteroatoms. The summed E-state index contributed by atoms with van der Waals surface area (Å²) in [5.74, 6) is -1.22. The summed E-state index contributed by atoms with van der Waals surface area (Å²) >= 11 is 0. The Kier molecular flexibility index (Phi) is 7.74. The van der Waals surface area contributed by atoms with E-state index < -0.39 is 36.4 Å². The number of aromatic nitrogens is 4. The fraction of sp³-hybridized carbons (Fsp3) is 0.435. The second-order valence-electron chi connectivity index (χ2n) is 8.78. The van der Waals surface area contributed by atoms with Crippen LogP contribution in [0.4, 0.5) is 5.82 Å². The highest BCUT2D eigenvalue weighted by Gasteiger charge is 2.44. The Labute approximate surface area is 206 Å². The second-order valence-corrected chi connectivity index (χ2v) is 8.78. The van der Waals surface area contributed by atoms with Gasteiger partial charge in [0.25, 0.3) is 0 Å². The Hall–Kier alpha value is -3.65. The number of benzene rings is 1. The van der Waals surface area contributed by atoms with Gasteiger partial charge in [-0.15, -0.1) is 0 Å². The number of carboxylic acids is 1. The summed E-state index contributed by atoms with van der Waals surface area (Å²) in [6, 6.07) is 6.90. The van der Waals surface area contributed by atoms with E-state index in [2.05, 4.69) is 15.0 Å². The lowest BCUT2D eigenvalue weighted by atomic mass is 10.1. The van der Waals surface area contributed by atoms with Crippen molar-refractivity contribution in [2.24, 2.45) is 5.73 Å². The predicted molar refractivity (Wildman–Crippen MR) is 127 cm³/mol. The fourth-order valence-corrected chi connectivity index (χ4v) is 4.35. The van der Waals surface area contributed by atoms with Crippen LogP contribution in [0, 0.1) is 0 Å². The number of nitrogen functional groups attached to an aromatic ring is 1. The van der Waals surface area contributed by atoms with Crippen molar-refractivity contribution < 1.29 is 29.6 Å². The molecule has 3 aromatic rings. The van der Waals surface area contributed by atoms with E-state index in [1.54, 1.807) is 18.2 Å². The lowest BCUT2D eigenvalue weighted by Gasteiger charge is -2.27. The van der Waals surface area contributed by atoms with Crippen LogP contribution in [0.2, 0.25) is 0 Å². The Morgan fingerprint density at radius 3 is 2.69 bits per heavy atom. The van der Waals surface area contributed by atoms with Crippen LogP contribution in [0.1, 0.15) is 41.4 Å². The first-order valence-electron chi connectivity index (χ1n) is 11.5. The molecular weight excluding hydrogens is 470 g/mol. The van der Waals surface area contributed by atoms with Gasteiger partial charge in [0.2, 0.25) is 5.91 Å². The van der Waals surface area contributed by atoms with Crippen molar-refractivity contribution in [2.75, 3.05) is 18.8 Å². The number of fused-ring (bicyclic) bond motifs is 1. The van der Waals surface area contributed by atoms with Gasteiger partial charge in [0.05, 0.1) is 6.33 Å². The van der Waals surface area contributed by atoms with Crippen LogP contribution in [0.5, 0.6) is 0 Å².